The second-order valence-corrected chi connectivity index (χ2v) is 7.57. The smallest absolute Gasteiger partial charge is 0.257 e. The summed E-state index contributed by atoms with van der Waals surface area (Å²) in [6.07, 6.45) is 8.44. The number of amides is 1. The number of nitrogens with zero attached hydrogens (tertiary/aromatic N) is 1. The van der Waals surface area contributed by atoms with Gasteiger partial charge in [-0.2, -0.15) is 0 Å². The fourth-order valence-corrected chi connectivity index (χ4v) is 5.52. The monoisotopic (exact) mass is 288 g/mol. The summed E-state index contributed by atoms with van der Waals surface area (Å²) < 4.78 is 5.22. The lowest BCUT2D eigenvalue weighted by atomic mass is 9.53. The summed E-state index contributed by atoms with van der Waals surface area (Å²) in [5, 5.41) is 7.42. The summed E-state index contributed by atoms with van der Waals surface area (Å²) in [5.74, 6) is 3.20. The van der Waals surface area contributed by atoms with Gasteiger partial charge in [-0.25, -0.2) is 0 Å². The molecular weight excluding hydrogens is 264 g/mol. The molecule has 0 radical (unpaired) electrons. The Morgan fingerprint density at radius 3 is 2.33 bits per heavy atom. The number of carbonyl (C=O) groups is 1. The second kappa shape index (κ2) is 4.59. The SMILES string of the molecule is CCc1noc(C)c1C(=O)NC12CC3CC(CC(C3)C1)C2. The largest absolute Gasteiger partial charge is 0.361 e. The molecule has 21 heavy (non-hydrogen) atoms. The molecule has 4 aliphatic carbocycles. The molecule has 1 N–H and O–H groups in total. The molecule has 1 aromatic rings. The van der Waals surface area contributed by atoms with E-state index in [9.17, 15) is 4.79 Å². The lowest BCUT2D eigenvalue weighted by molar-refractivity contribution is -0.0167. The third-order valence-corrected chi connectivity index (χ3v) is 5.91. The normalized spacial score (nSPS) is 37.0. The van der Waals surface area contributed by atoms with Crippen LogP contribution in [0.15, 0.2) is 4.52 Å². The van der Waals surface area contributed by atoms with E-state index in [1.54, 1.807) is 0 Å². The van der Waals surface area contributed by atoms with Crippen LogP contribution >= 0.6 is 0 Å². The minimum Gasteiger partial charge on any atom is -0.361 e. The summed E-state index contributed by atoms with van der Waals surface area (Å²) in [6.45, 7) is 3.85. The van der Waals surface area contributed by atoms with Gasteiger partial charge in [-0.15, -0.1) is 0 Å². The molecule has 0 aromatic carbocycles. The average molecular weight is 288 g/mol. The first-order chi connectivity index (χ1) is 10.1. The Kier molecular flexibility index (Phi) is 2.92. The van der Waals surface area contributed by atoms with Crippen molar-refractivity contribution in [2.24, 2.45) is 17.8 Å². The first kappa shape index (κ1) is 13.4. The molecule has 4 saturated carbocycles. The maximum absolute atomic E-state index is 12.8. The Bertz CT molecular complexity index is 540. The zero-order valence-electron chi connectivity index (χ0n) is 12.9. The van der Waals surface area contributed by atoms with Crippen molar-refractivity contribution < 1.29 is 9.32 Å². The molecule has 1 amide bonds. The third-order valence-electron chi connectivity index (χ3n) is 5.91. The molecule has 0 atom stereocenters. The van der Waals surface area contributed by atoms with Crippen molar-refractivity contribution in [3.63, 3.8) is 0 Å². The van der Waals surface area contributed by atoms with Gasteiger partial charge in [0.05, 0.1) is 5.69 Å². The van der Waals surface area contributed by atoms with Gasteiger partial charge in [0.25, 0.3) is 5.91 Å². The second-order valence-electron chi connectivity index (χ2n) is 7.57. The van der Waals surface area contributed by atoms with Crippen LogP contribution in [0.4, 0.5) is 0 Å². The van der Waals surface area contributed by atoms with E-state index in [0.717, 1.165) is 29.9 Å². The Morgan fingerprint density at radius 1 is 1.24 bits per heavy atom. The Morgan fingerprint density at radius 2 is 1.81 bits per heavy atom. The van der Waals surface area contributed by atoms with Crippen molar-refractivity contribution >= 4 is 5.91 Å². The molecule has 0 aliphatic heterocycles. The van der Waals surface area contributed by atoms with Gasteiger partial charge in [0, 0.05) is 5.54 Å². The molecule has 0 spiro atoms. The van der Waals surface area contributed by atoms with Crippen molar-refractivity contribution in [3.8, 4) is 0 Å². The minimum absolute atomic E-state index is 0.0348. The summed E-state index contributed by atoms with van der Waals surface area (Å²) in [4.78, 5) is 12.8. The molecule has 4 nitrogen and oxygen atoms in total. The Hall–Kier alpha value is -1.32. The number of nitrogens with one attached hydrogen (secondary N) is 1. The van der Waals surface area contributed by atoms with E-state index in [0.29, 0.717) is 11.3 Å². The van der Waals surface area contributed by atoms with Crippen molar-refractivity contribution in [3.05, 3.63) is 17.0 Å². The quantitative estimate of drug-likeness (QED) is 0.929. The predicted molar refractivity (Wildman–Crippen MR) is 79.0 cm³/mol. The van der Waals surface area contributed by atoms with Crippen LogP contribution in [-0.4, -0.2) is 16.6 Å². The number of rotatable bonds is 3. The number of hydrogen-bond acceptors (Lipinski definition) is 3. The van der Waals surface area contributed by atoms with Crippen LogP contribution in [0.3, 0.4) is 0 Å². The third kappa shape index (κ3) is 2.11. The molecule has 1 heterocycles. The van der Waals surface area contributed by atoms with Crippen molar-refractivity contribution in [1.29, 1.82) is 0 Å². The van der Waals surface area contributed by atoms with E-state index < -0.39 is 0 Å². The standard InChI is InChI=1S/C17H24N2O2/c1-3-14-15(10(2)21-19-14)16(20)18-17-7-11-4-12(8-17)6-13(5-11)9-17/h11-13H,3-9H2,1-2H3,(H,18,20). The average Bonchev–Trinajstić information content (AvgIpc) is 2.77. The lowest BCUT2D eigenvalue weighted by Gasteiger charge is -2.56. The van der Waals surface area contributed by atoms with Gasteiger partial charge in [-0.05, 0) is 69.6 Å². The maximum atomic E-state index is 12.8. The zero-order valence-corrected chi connectivity index (χ0v) is 12.9. The first-order valence-electron chi connectivity index (χ1n) is 8.36. The molecular formula is C17H24N2O2. The molecule has 4 heteroatoms. The highest BCUT2D eigenvalue weighted by molar-refractivity contribution is 5.96. The van der Waals surface area contributed by atoms with Crippen LogP contribution in [0.1, 0.15) is 67.3 Å². The van der Waals surface area contributed by atoms with Crippen molar-refractivity contribution in [2.45, 2.75) is 64.3 Å². The minimum atomic E-state index is 0.0348. The summed E-state index contributed by atoms with van der Waals surface area (Å²) in [6, 6.07) is 0. The number of aryl methyl sites for hydroxylation is 2. The fraction of sp³-hybridized carbons (Fsp3) is 0.765. The lowest BCUT2D eigenvalue weighted by Crippen LogP contribution is -2.59. The van der Waals surface area contributed by atoms with Gasteiger partial charge < -0.3 is 9.84 Å². The van der Waals surface area contributed by atoms with Crippen LogP contribution in [-0.2, 0) is 6.42 Å². The summed E-state index contributed by atoms with van der Waals surface area (Å²) >= 11 is 0. The van der Waals surface area contributed by atoms with Crippen molar-refractivity contribution in [2.75, 3.05) is 0 Å². The molecule has 0 saturated heterocycles. The van der Waals surface area contributed by atoms with Gasteiger partial charge >= 0.3 is 0 Å². The van der Waals surface area contributed by atoms with Gasteiger partial charge in [-0.1, -0.05) is 12.1 Å². The van der Waals surface area contributed by atoms with Gasteiger partial charge in [0.1, 0.15) is 11.3 Å². The fourth-order valence-electron chi connectivity index (χ4n) is 5.52. The maximum Gasteiger partial charge on any atom is 0.257 e. The van der Waals surface area contributed by atoms with E-state index in [4.69, 9.17) is 4.52 Å². The van der Waals surface area contributed by atoms with Gasteiger partial charge in [-0.3, -0.25) is 4.79 Å². The number of hydrogen-bond donors (Lipinski definition) is 1. The van der Waals surface area contributed by atoms with E-state index in [1.807, 2.05) is 13.8 Å². The first-order valence-corrected chi connectivity index (χ1v) is 8.36. The number of aromatic nitrogens is 1. The highest BCUT2D eigenvalue weighted by Crippen LogP contribution is 2.55. The highest BCUT2D eigenvalue weighted by atomic mass is 16.5. The van der Waals surface area contributed by atoms with Gasteiger partial charge in [0.2, 0.25) is 0 Å². The Balaban J connectivity index is 1.58. The molecule has 0 unspecified atom stereocenters. The molecule has 4 bridgehead atoms. The van der Waals surface area contributed by atoms with Crippen LogP contribution in [0.25, 0.3) is 0 Å². The topological polar surface area (TPSA) is 55.1 Å². The number of carbonyl (C=O) groups excluding carboxylic acids is 1. The van der Waals surface area contributed by atoms with Gasteiger partial charge in [0.15, 0.2) is 0 Å². The molecule has 4 fully saturated rings. The highest BCUT2D eigenvalue weighted by Gasteiger charge is 2.51. The summed E-state index contributed by atoms with van der Waals surface area (Å²) in [5.41, 5.74) is 1.52. The zero-order chi connectivity index (χ0) is 14.6. The Labute approximate surface area is 125 Å². The van der Waals surface area contributed by atoms with E-state index in [-0.39, 0.29) is 11.4 Å². The summed E-state index contributed by atoms with van der Waals surface area (Å²) in [7, 11) is 0. The van der Waals surface area contributed by atoms with Crippen LogP contribution < -0.4 is 5.32 Å². The van der Waals surface area contributed by atoms with E-state index >= 15 is 0 Å². The van der Waals surface area contributed by atoms with Crippen molar-refractivity contribution in [1.82, 2.24) is 10.5 Å². The van der Waals surface area contributed by atoms with Crippen LogP contribution in [0.2, 0.25) is 0 Å². The molecule has 1 aromatic heterocycles. The molecule has 114 valence electrons. The molecule has 4 aliphatic rings. The molecule has 5 rings (SSSR count). The predicted octanol–water partition coefficient (Wildman–Crippen LogP) is 3.24. The van der Waals surface area contributed by atoms with E-state index in [2.05, 4.69) is 10.5 Å². The van der Waals surface area contributed by atoms with E-state index in [1.165, 1.54) is 38.5 Å². The van der Waals surface area contributed by atoms with Crippen LogP contribution in [0, 0.1) is 24.7 Å². The van der Waals surface area contributed by atoms with Crippen LogP contribution in [0.5, 0.6) is 0 Å².